The number of nitrogens with zero attached hydrogens (tertiary/aromatic N) is 2. The maximum Gasteiger partial charge on any atom is 0.174 e. The highest BCUT2D eigenvalue weighted by Crippen LogP contribution is 2.17. The summed E-state index contributed by atoms with van der Waals surface area (Å²) in [4.78, 5) is 0. The average molecular weight is 203 g/mol. The Morgan fingerprint density at radius 2 is 2.50 bits per heavy atom. The van der Waals surface area contributed by atoms with Gasteiger partial charge in [0.05, 0.1) is 0 Å². The fourth-order valence-electron chi connectivity index (χ4n) is 0.712. The molecule has 1 rings (SSSR count). The molecule has 0 aliphatic carbocycles. The van der Waals surface area contributed by atoms with Crippen LogP contribution in [0, 0.1) is 0 Å². The van der Waals surface area contributed by atoms with Gasteiger partial charge >= 0.3 is 0 Å². The first kappa shape index (κ1) is 9.95. The van der Waals surface area contributed by atoms with Crippen molar-refractivity contribution in [3.8, 4) is 0 Å². The maximum atomic E-state index is 3.94. The fourth-order valence-corrected chi connectivity index (χ4v) is 2.14. The molecule has 0 aliphatic rings. The van der Waals surface area contributed by atoms with Gasteiger partial charge in [-0.25, -0.2) is 0 Å². The molecule has 0 saturated heterocycles. The van der Waals surface area contributed by atoms with E-state index in [0.717, 1.165) is 16.6 Å². The molecule has 0 saturated carbocycles. The molecule has 0 atom stereocenters. The first-order valence-corrected chi connectivity index (χ1v) is 5.78. The number of rotatable bonds is 5. The minimum atomic E-state index is 0.569. The van der Waals surface area contributed by atoms with Gasteiger partial charge in [-0.05, 0) is 0 Å². The molecule has 0 aromatic carbocycles. The highest BCUT2D eigenvalue weighted by atomic mass is 32.2. The third kappa shape index (κ3) is 4.04. The van der Waals surface area contributed by atoms with Gasteiger partial charge in [-0.2, -0.15) is 0 Å². The molecule has 0 aliphatic heterocycles. The van der Waals surface area contributed by atoms with Crippen LogP contribution in [-0.4, -0.2) is 28.5 Å². The van der Waals surface area contributed by atoms with Crippen LogP contribution in [0.3, 0.4) is 0 Å². The van der Waals surface area contributed by atoms with Crippen molar-refractivity contribution in [1.29, 1.82) is 0 Å². The Morgan fingerprint density at radius 3 is 3.08 bits per heavy atom. The van der Waals surface area contributed by atoms with E-state index < -0.39 is 0 Å². The third-order valence-corrected chi connectivity index (χ3v) is 3.08. The Kier molecular flexibility index (Phi) is 4.57. The van der Waals surface area contributed by atoms with Crippen LogP contribution in [0.4, 0.5) is 0 Å². The van der Waals surface area contributed by atoms with Crippen LogP contribution in [0.1, 0.15) is 13.8 Å². The number of nitrogens with one attached hydrogen (secondary N) is 1. The van der Waals surface area contributed by atoms with E-state index in [9.17, 15) is 0 Å². The van der Waals surface area contributed by atoms with E-state index in [2.05, 4.69) is 29.4 Å². The predicted octanol–water partition coefficient (Wildman–Crippen LogP) is 1.63. The van der Waals surface area contributed by atoms with E-state index in [1.54, 1.807) is 28.6 Å². The van der Waals surface area contributed by atoms with E-state index in [0.29, 0.717) is 6.04 Å². The Hall–Kier alpha value is -0.130. The number of aromatic nitrogens is 2. The first-order valence-electron chi connectivity index (χ1n) is 3.91. The van der Waals surface area contributed by atoms with Gasteiger partial charge in [-0.3, -0.25) is 0 Å². The van der Waals surface area contributed by atoms with Gasteiger partial charge in [0.1, 0.15) is 5.51 Å². The van der Waals surface area contributed by atoms with Crippen LogP contribution in [0.5, 0.6) is 0 Å². The summed E-state index contributed by atoms with van der Waals surface area (Å²) in [6.45, 7) is 5.33. The van der Waals surface area contributed by atoms with Crippen LogP contribution < -0.4 is 5.32 Å². The highest BCUT2D eigenvalue weighted by molar-refractivity contribution is 8.01. The topological polar surface area (TPSA) is 37.8 Å². The summed E-state index contributed by atoms with van der Waals surface area (Å²) in [7, 11) is 0. The molecule has 3 nitrogen and oxygen atoms in total. The molecular weight excluding hydrogens is 190 g/mol. The molecule has 1 heterocycles. The van der Waals surface area contributed by atoms with Crippen LogP contribution in [0.25, 0.3) is 0 Å². The van der Waals surface area contributed by atoms with Gasteiger partial charge in [0.25, 0.3) is 0 Å². The summed E-state index contributed by atoms with van der Waals surface area (Å²) in [6.07, 6.45) is 0. The van der Waals surface area contributed by atoms with E-state index in [-0.39, 0.29) is 0 Å². The summed E-state index contributed by atoms with van der Waals surface area (Å²) in [6, 6.07) is 0.569. The number of hydrogen-bond acceptors (Lipinski definition) is 5. The van der Waals surface area contributed by atoms with Crippen molar-refractivity contribution in [3.05, 3.63) is 5.51 Å². The lowest BCUT2D eigenvalue weighted by Gasteiger charge is -2.05. The Labute approximate surface area is 81.0 Å². The lowest BCUT2D eigenvalue weighted by Crippen LogP contribution is -2.24. The van der Waals surface area contributed by atoms with Crippen molar-refractivity contribution in [1.82, 2.24) is 15.5 Å². The van der Waals surface area contributed by atoms with Gasteiger partial charge < -0.3 is 5.32 Å². The molecule has 0 spiro atoms. The minimum Gasteiger partial charge on any atom is -0.314 e. The molecule has 0 radical (unpaired) electrons. The molecule has 1 N–H and O–H groups in total. The summed E-state index contributed by atoms with van der Waals surface area (Å²) in [5.41, 5.74) is 1.76. The standard InChI is InChI=1S/C7H13N3S2/c1-6(2)8-3-4-11-7-10-9-5-12-7/h5-6,8H,3-4H2,1-2H3. The van der Waals surface area contributed by atoms with Crippen molar-refractivity contribution in [2.45, 2.75) is 24.2 Å². The highest BCUT2D eigenvalue weighted by Gasteiger charge is 1.97. The molecule has 0 fully saturated rings. The van der Waals surface area contributed by atoms with Crippen LogP contribution >= 0.6 is 23.1 Å². The lowest BCUT2D eigenvalue weighted by atomic mass is 10.4. The van der Waals surface area contributed by atoms with Gasteiger partial charge in [0, 0.05) is 18.3 Å². The summed E-state index contributed by atoms with van der Waals surface area (Å²) < 4.78 is 1.06. The zero-order valence-electron chi connectivity index (χ0n) is 7.28. The second-order valence-electron chi connectivity index (χ2n) is 2.66. The molecule has 68 valence electrons. The predicted molar refractivity (Wildman–Crippen MR) is 53.8 cm³/mol. The molecule has 0 unspecified atom stereocenters. The van der Waals surface area contributed by atoms with E-state index in [4.69, 9.17) is 0 Å². The monoisotopic (exact) mass is 203 g/mol. The Balaban J connectivity index is 2.04. The maximum absolute atomic E-state index is 3.94. The summed E-state index contributed by atoms with van der Waals surface area (Å²) >= 11 is 3.35. The van der Waals surface area contributed by atoms with Crippen LogP contribution in [0.2, 0.25) is 0 Å². The van der Waals surface area contributed by atoms with Gasteiger partial charge in [-0.15, -0.1) is 10.2 Å². The molecule has 5 heteroatoms. The van der Waals surface area contributed by atoms with E-state index in [1.165, 1.54) is 0 Å². The second-order valence-corrected chi connectivity index (χ2v) is 4.84. The van der Waals surface area contributed by atoms with Crippen molar-refractivity contribution in [3.63, 3.8) is 0 Å². The molecule has 0 amide bonds. The van der Waals surface area contributed by atoms with Gasteiger partial charge in [0.15, 0.2) is 4.34 Å². The lowest BCUT2D eigenvalue weighted by molar-refractivity contribution is 0.616. The Bertz CT molecular complexity index is 198. The van der Waals surface area contributed by atoms with E-state index in [1.807, 2.05) is 0 Å². The van der Waals surface area contributed by atoms with Crippen molar-refractivity contribution in [2.24, 2.45) is 0 Å². The minimum absolute atomic E-state index is 0.569. The average Bonchev–Trinajstić information content (AvgIpc) is 2.49. The van der Waals surface area contributed by atoms with Crippen molar-refractivity contribution in [2.75, 3.05) is 12.3 Å². The SMILES string of the molecule is CC(C)NCCSc1nncs1. The van der Waals surface area contributed by atoms with Crippen LogP contribution in [-0.2, 0) is 0 Å². The summed E-state index contributed by atoms with van der Waals surface area (Å²) in [5.74, 6) is 1.06. The summed E-state index contributed by atoms with van der Waals surface area (Å²) in [5, 5.41) is 11.0. The zero-order valence-corrected chi connectivity index (χ0v) is 8.91. The molecule has 0 bridgehead atoms. The van der Waals surface area contributed by atoms with Crippen molar-refractivity contribution >= 4 is 23.1 Å². The first-order chi connectivity index (χ1) is 5.79. The zero-order chi connectivity index (χ0) is 8.81. The number of hydrogen-bond donors (Lipinski definition) is 1. The largest absolute Gasteiger partial charge is 0.314 e. The van der Waals surface area contributed by atoms with Crippen molar-refractivity contribution < 1.29 is 0 Å². The number of thioether (sulfide) groups is 1. The second kappa shape index (κ2) is 5.50. The normalized spacial score (nSPS) is 10.9. The Morgan fingerprint density at radius 1 is 1.67 bits per heavy atom. The fraction of sp³-hybridized carbons (Fsp3) is 0.714. The van der Waals surface area contributed by atoms with E-state index >= 15 is 0 Å². The van der Waals surface area contributed by atoms with Gasteiger partial charge in [-0.1, -0.05) is 36.9 Å². The molecule has 1 aromatic rings. The third-order valence-electron chi connectivity index (χ3n) is 1.22. The molecular formula is C7H13N3S2. The molecule has 1 aromatic heterocycles. The van der Waals surface area contributed by atoms with Gasteiger partial charge in [0.2, 0.25) is 0 Å². The van der Waals surface area contributed by atoms with Crippen LogP contribution in [0.15, 0.2) is 9.85 Å². The smallest absolute Gasteiger partial charge is 0.174 e. The molecule has 12 heavy (non-hydrogen) atoms. The quantitative estimate of drug-likeness (QED) is 0.583.